The van der Waals surface area contributed by atoms with E-state index in [1.54, 1.807) is 17.8 Å². The van der Waals surface area contributed by atoms with E-state index in [0.717, 1.165) is 18.6 Å². The van der Waals surface area contributed by atoms with Crippen LogP contribution < -0.4 is 15.8 Å². The Bertz CT molecular complexity index is 709. The largest absolute Gasteiger partial charge is 0.495 e. The molecule has 1 aliphatic heterocycles. The predicted octanol–water partition coefficient (Wildman–Crippen LogP) is 1.92. The van der Waals surface area contributed by atoms with Crippen molar-refractivity contribution in [3.05, 3.63) is 18.2 Å². The van der Waals surface area contributed by atoms with Crippen LogP contribution in [0.2, 0.25) is 0 Å². The molecule has 0 aliphatic carbocycles. The van der Waals surface area contributed by atoms with Crippen LogP contribution in [0.25, 0.3) is 0 Å². The molecule has 0 radical (unpaired) electrons. The minimum Gasteiger partial charge on any atom is -0.495 e. The topological polar surface area (TPSA) is 102 Å². The van der Waals surface area contributed by atoms with Gasteiger partial charge in [0, 0.05) is 24.8 Å². The lowest BCUT2D eigenvalue weighted by Crippen LogP contribution is -2.36. The van der Waals surface area contributed by atoms with Crippen molar-refractivity contribution in [2.24, 2.45) is 5.73 Å². The molecule has 0 spiro atoms. The molecule has 1 aromatic rings. The highest BCUT2D eigenvalue weighted by Crippen LogP contribution is 2.31. The van der Waals surface area contributed by atoms with Gasteiger partial charge in [-0.25, -0.2) is 8.42 Å². The van der Waals surface area contributed by atoms with E-state index in [1.165, 1.54) is 23.5 Å². The molecule has 1 saturated heterocycles. The summed E-state index contributed by atoms with van der Waals surface area (Å²) in [6.45, 7) is 1.04. The number of nitrogens with two attached hydrogens (primary N) is 1. The lowest BCUT2D eigenvalue weighted by atomic mass is 10.2. The molecular weight excluding hydrogens is 398 g/mol. The second kappa shape index (κ2) is 10.4. The lowest BCUT2D eigenvalue weighted by Gasteiger charge is -2.18. The van der Waals surface area contributed by atoms with Gasteiger partial charge in [0.1, 0.15) is 10.6 Å². The Morgan fingerprint density at radius 3 is 2.62 bits per heavy atom. The van der Waals surface area contributed by atoms with Gasteiger partial charge in [-0.2, -0.15) is 16.1 Å². The predicted molar refractivity (Wildman–Crippen MR) is 108 cm³/mol. The van der Waals surface area contributed by atoms with Crippen molar-refractivity contribution in [2.45, 2.75) is 30.2 Å². The fourth-order valence-corrected chi connectivity index (χ4v) is 4.78. The van der Waals surface area contributed by atoms with Crippen molar-refractivity contribution in [3.8, 4) is 5.75 Å². The molecule has 26 heavy (non-hydrogen) atoms. The molecule has 10 heteroatoms. The van der Waals surface area contributed by atoms with Gasteiger partial charge >= 0.3 is 0 Å². The molecule has 1 aromatic carbocycles. The third kappa shape index (κ3) is 5.50. The fraction of sp³-hybridized carbons (Fsp3) is 0.562. The molecule has 148 valence electrons. The number of nitrogens with one attached hydrogen (secondary N) is 1. The Morgan fingerprint density at radius 1 is 1.38 bits per heavy atom. The van der Waals surface area contributed by atoms with Gasteiger partial charge in [-0.15, -0.1) is 12.4 Å². The number of rotatable bonds is 8. The van der Waals surface area contributed by atoms with Crippen molar-refractivity contribution < 1.29 is 17.9 Å². The van der Waals surface area contributed by atoms with Gasteiger partial charge in [0.15, 0.2) is 0 Å². The smallest absolute Gasteiger partial charge is 0.246 e. The van der Waals surface area contributed by atoms with Gasteiger partial charge in [-0.3, -0.25) is 4.79 Å². The quantitative estimate of drug-likeness (QED) is 0.662. The van der Waals surface area contributed by atoms with Crippen molar-refractivity contribution in [1.29, 1.82) is 0 Å². The molecule has 1 atom stereocenters. The van der Waals surface area contributed by atoms with E-state index in [9.17, 15) is 13.2 Å². The van der Waals surface area contributed by atoms with Crippen LogP contribution >= 0.6 is 24.2 Å². The Morgan fingerprint density at radius 2 is 2.04 bits per heavy atom. The monoisotopic (exact) mass is 423 g/mol. The number of anilines is 1. The van der Waals surface area contributed by atoms with Crippen LogP contribution in [-0.2, 0) is 14.8 Å². The molecule has 1 fully saturated rings. The van der Waals surface area contributed by atoms with Crippen molar-refractivity contribution in [2.75, 3.05) is 37.5 Å². The van der Waals surface area contributed by atoms with Crippen LogP contribution in [-0.4, -0.2) is 56.9 Å². The first-order valence-electron chi connectivity index (χ1n) is 8.13. The van der Waals surface area contributed by atoms with E-state index in [-0.39, 0.29) is 29.0 Å². The van der Waals surface area contributed by atoms with Gasteiger partial charge in [-0.1, -0.05) is 0 Å². The Balaban J connectivity index is 0.00000338. The SMILES string of the molecule is COc1cc(NC(=O)[C@@H](N)CCSC)ccc1S(=O)(=O)N1CCCC1.Cl. The zero-order valence-corrected chi connectivity index (χ0v) is 17.4. The normalized spacial score (nSPS) is 16.0. The number of carbonyl (C=O) groups is 1. The molecule has 0 saturated carbocycles. The summed E-state index contributed by atoms with van der Waals surface area (Å²) < 4.78 is 32.1. The molecular formula is C16H26ClN3O4S2. The minimum absolute atomic E-state index is 0. The van der Waals surface area contributed by atoms with Gasteiger partial charge < -0.3 is 15.8 Å². The molecule has 1 heterocycles. The van der Waals surface area contributed by atoms with Crippen molar-refractivity contribution >= 4 is 45.8 Å². The number of hydrogen-bond donors (Lipinski definition) is 2. The highest BCUT2D eigenvalue weighted by molar-refractivity contribution is 7.98. The van der Waals surface area contributed by atoms with Crippen LogP contribution in [0.1, 0.15) is 19.3 Å². The first-order chi connectivity index (χ1) is 11.9. The maximum absolute atomic E-state index is 12.7. The highest BCUT2D eigenvalue weighted by Gasteiger charge is 2.30. The summed E-state index contributed by atoms with van der Waals surface area (Å²) in [5.41, 5.74) is 6.30. The number of halogens is 1. The number of amides is 1. The zero-order valence-electron chi connectivity index (χ0n) is 14.9. The Labute approximate surface area is 165 Å². The number of sulfonamides is 1. The zero-order chi connectivity index (χ0) is 18.4. The summed E-state index contributed by atoms with van der Waals surface area (Å²) in [7, 11) is -2.18. The van der Waals surface area contributed by atoms with E-state index >= 15 is 0 Å². The summed E-state index contributed by atoms with van der Waals surface area (Å²) in [5.74, 6) is 0.707. The molecule has 1 amide bonds. The van der Waals surface area contributed by atoms with E-state index < -0.39 is 16.1 Å². The molecule has 7 nitrogen and oxygen atoms in total. The van der Waals surface area contributed by atoms with Crippen molar-refractivity contribution in [3.63, 3.8) is 0 Å². The summed E-state index contributed by atoms with van der Waals surface area (Å²) >= 11 is 1.63. The van der Waals surface area contributed by atoms with Crippen LogP contribution in [0.5, 0.6) is 5.75 Å². The lowest BCUT2D eigenvalue weighted by molar-refractivity contribution is -0.117. The van der Waals surface area contributed by atoms with E-state index in [0.29, 0.717) is 25.2 Å². The number of methoxy groups -OCH3 is 1. The third-order valence-corrected chi connectivity index (χ3v) is 6.67. The molecule has 2 rings (SSSR count). The number of benzene rings is 1. The molecule has 0 unspecified atom stereocenters. The highest BCUT2D eigenvalue weighted by atomic mass is 35.5. The number of ether oxygens (including phenoxy) is 1. The standard InChI is InChI=1S/C16H25N3O4S2.ClH/c1-23-14-11-12(18-16(20)13(17)7-10-24-2)5-6-15(14)25(21,22)19-8-3-4-9-19;/h5-6,11,13H,3-4,7-10,17H2,1-2H3,(H,18,20);1H/t13-;/m0./s1. The fourth-order valence-electron chi connectivity index (χ4n) is 2.64. The summed E-state index contributed by atoms with van der Waals surface area (Å²) in [6, 6.07) is 3.94. The summed E-state index contributed by atoms with van der Waals surface area (Å²) in [6.07, 6.45) is 4.26. The van der Waals surface area contributed by atoms with Crippen LogP contribution in [0.4, 0.5) is 5.69 Å². The Hall–Kier alpha value is -1.00. The average molecular weight is 424 g/mol. The number of carbonyl (C=O) groups excluding carboxylic acids is 1. The Kier molecular flexibility index (Phi) is 9.18. The molecule has 0 aromatic heterocycles. The maximum atomic E-state index is 12.7. The molecule has 3 N–H and O–H groups in total. The summed E-state index contributed by atoms with van der Waals surface area (Å²) in [4.78, 5) is 12.2. The molecule has 1 aliphatic rings. The van der Waals surface area contributed by atoms with Crippen LogP contribution in [0, 0.1) is 0 Å². The second-order valence-corrected chi connectivity index (χ2v) is 8.75. The maximum Gasteiger partial charge on any atom is 0.246 e. The first kappa shape index (κ1) is 23.0. The number of hydrogen-bond acceptors (Lipinski definition) is 6. The van der Waals surface area contributed by atoms with Crippen LogP contribution in [0.3, 0.4) is 0 Å². The first-order valence-corrected chi connectivity index (χ1v) is 11.0. The van der Waals surface area contributed by atoms with E-state index in [2.05, 4.69) is 5.32 Å². The summed E-state index contributed by atoms with van der Waals surface area (Å²) in [5, 5.41) is 2.71. The average Bonchev–Trinajstić information content (AvgIpc) is 3.14. The van der Waals surface area contributed by atoms with Gasteiger partial charge in [-0.05, 0) is 43.4 Å². The minimum atomic E-state index is -3.59. The van der Waals surface area contributed by atoms with Crippen LogP contribution in [0.15, 0.2) is 23.1 Å². The van der Waals surface area contributed by atoms with Gasteiger partial charge in [0.25, 0.3) is 0 Å². The number of nitrogens with zero attached hydrogens (tertiary/aromatic N) is 1. The molecule has 0 bridgehead atoms. The number of thioether (sulfide) groups is 1. The van der Waals surface area contributed by atoms with Gasteiger partial charge in [0.2, 0.25) is 15.9 Å². The van der Waals surface area contributed by atoms with E-state index in [1.807, 2.05) is 6.26 Å². The van der Waals surface area contributed by atoms with Crippen molar-refractivity contribution in [1.82, 2.24) is 4.31 Å². The van der Waals surface area contributed by atoms with E-state index in [4.69, 9.17) is 10.5 Å². The third-order valence-electron chi connectivity index (χ3n) is 4.08. The second-order valence-electron chi connectivity index (χ2n) is 5.85. The van der Waals surface area contributed by atoms with Gasteiger partial charge in [0.05, 0.1) is 13.2 Å².